The minimum Gasteiger partial charge on any atom is -0.383 e. The van der Waals surface area contributed by atoms with Crippen molar-refractivity contribution in [2.24, 2.45) is 5.92 Å². The maximum atomic E-state index is 12.7. The van der Waals surface area contributed by atoms with Crippen LogP contribution in [0.3, 0.4) is 0 Å². The van der Waals surface area contributed by atoms with E-state index in [1.54, 1.807) is 22.9 Å². The third kappa shape index (κ3) is 5.31. The van der Waals surface area contributed by atoms with E-state index in [1.165, 1.54) is 11.8 Å². The summed E-state index contributed by atoms with van der Waals surface area (Å²) in [7, 11) is 1.65. The number of aryl methyl sites for hydroxylation is 1. The molecule has 3 aromatic rings. The lowest BCUT2D eigenvalue weighted by atomic mass is 10.1. The summed E-state index contributed by atoms with van der Waals surface area (Å²) in [6.07, 6.45) is 3.86. The lowest BCUT2D eigenvalue weighted by Crippen LogP contribution is -2.35. The second kappa shape index (κ2) is 10.8. The summed E-state index contributed by atoms with van der Waals surface area (Å²) in [5.74, 6) is 0.185. The molecule has 10 nitrogen and oxygen atoms in total. The predicted octanol–water partition coefficient (Wildman–Crippen LogP) is 2.08. The number of benzene rings is 1. The number of carbonyl (C=O) groups is 2. The molecule has 2 aromatic heterocycles. The van der Waals surface area contributed by atoms with E-state index in [0.717, 1.165) is 16.6 Å². The Morgan fingerprint density at radius 3 is 2.76 bits per heavy atom. The fourth-order valence-corrected chi connectivity index (χ4v) is 4.24. The average molecular weight is 484 g/mol. The number of carbonyl (C=O) groups excluding carboxylic acids is 2. The number of anilines is 2. The molecule has 2 amide bonds. The van der Waals surface area contributed by atoms with Crippen LogP contribution in [-0.4, -0.2) is 71.2 Å². The third-order valence-electron chi connectivity index (χ3n) is 5.72. The Morgan fingerprint density at radius 2 is 2.03 bits per heavy atom. The van der Waals surface area contributed by atoms with Gasteiger partial charge in [0.05, 0.1) is 30.7 Å². The molecule has 1 unspecified atom stereocenters. The Morgan fingerprint density at radius 1 is 1.24 bits per heavy atom. The summed E-state index contributed by atoms with van der Waals surface area (Å²) in [6.45, 7) is 4.42. The topological polar surface area (TPSA) is 114 Å². The Balaban J connectivity index is 1.37. The maximum absolute atomic E-state index is 12.7. The van der Waals surface area contributed by atoms with Crippen molar-refractivity contribution >= 4 is 46.1 Å². The minimum atomic E-state index is -0.370. The van der Waals surface area contributed by atoms with Gasteiger partial charge in [-0.25, -0.2) is 14.6 Å². The Kier molecular flexibility index (Phi) is 7.63. The van der Waals surface area contributed by atoms with Crippen LogP contribution >= 0.6 is 11.8 Å². The standard InChI is InChI=1S/C23H29N7O3S/c1-15-4-6-17(7-5-15)29-14-16(12-19(29)31)22(32)25-8-10-30-21-18(13-26-30)20(24-9-11-33-2)27-23(28-21)34-3/h4-7,13,16H,8-12,14H2,1-3H3,(H,25,32)(H,24,27,28). The lowest BCUT2D eigenvalue weighted by Gasteiger charge is -2.17. The number of methoxy groups -OCH3 is 1. The predicted molar refractivity (Wildman–Crippen MR) is 132 cm³/mol. The number of fused-ring (bicyclic) bond motifs is 1. The quantitative estimate of drug-likeness (QED) is 0.256. The van der Waals surface area contributed by atoms with Crippen LogP contribution in [0.4, 0.5) is 11.5 Å². The molecular weight excluding hydrogens is 454 g/mol. The van der Waals surface area contributed by atoms with E-state index in [-0.39, 0.29) is 24.2 Å². The Labute approximate surface area is 202 Å². The van der Waals surface area contributed by atoms with Crippen molar-refractivity contribution in [3.63, 3.8) is 0 Å². The van der Waals surface area contributed by atoms with Crippen molar-refractivity contribution in [1.82, 2.24) is 25.1 Å². The Bertz CT molecular complexity index is 1170. The van der Waals surface area contributed by atoms with E-state index in [0.29, 0.717) is 49.4 Å². The third-order valence-corrected chi connectivity index (χ3v) is 6.27. The average Bonchev–Trinajstić information content (AvgIpc) is 3.43. The smallest absolute Gasteiger partial charge is 0.227 e. The Hall–Kier alpha value is -3.18. The number of nitrogens with zero attached hydrogens (tertiary/aromatic N) is 5. The van der Waals surface area contributed by atoms with Crippen molar-refractivity contribution in [2.45, 2.75) is 25.0 Å². The van der Waals surface area contributed by atoms with Gasteiger partial charge in [-0.05, 0) is 25.3 Å². The SMILES string of the molecule is COCCNc1nc(SC)nc2c1cnn2CCNC(=O)C1CC(=O)N(c2ccc(C)cc2)C1. The molecule has 3 heterocycles. The van der Waals surface area contributed by atoms with Crippen LogP contribution in [0.5, 0.6) is 0 Å². The summed E-state index contributed by atoms with van der Waals surface area (Å²) in [4.78, 5) is 36.0. The first-order valence-electron chi connectivity index (χ1n) is 11.1. The molecule has 1 saturated heterocycles. The molecule has 34 heavy (non-hydrogen) atoms. The molecule has 1 aliphatic heterocycles. The maximum Gasteiger partial charge on any atom is 0.227 e. The molecule has 0 saturated carbocycles. The summed E-state index contributed by atoms with van der Waals surface area (Å²) in [5.41, 5.74) is 2.66. The van der Waals surface area contributed by atoms with Crippen molar-refractivity contribution in [3.8, 4) is 0 Å². The van der Waals surface area contributed by atoms with Gasteiger partial charge in [0.1, 0.15) is 5.82 Å². The van der Waals surface area contributed by atoms with Gasteiger partial charge in [-0.15, -0.1) is 0 Å². The summed E-state index contributed by atoms with van der Waals surface area (Å²) >= 11 is 1.45. The summed E-state index contributed by atoms with van der Waals surface area (Å²) < 4.78 is 6.86. The highest BCUT2D eigenvalue weighted by atomic mass is 32.2. The van der Waals surface area contributed by atoms with E-state index in [4.69, 9.17) is 4.74 Å². The first-order valence-corrected chi connectivity index (χ1v) is 12.4. The molecule has 1 aliphatic rings. The van der Waals surface area contributed by atoms with Crippen molar-refractivity contribution in [3.05, 3.63) is 36.0 Å². The molecule has 1 atom stereocenters. The molecule has 0 radical (unpaired) electrons. The molecule has 0 bridgehead atoms. The number of rotatable bonds is 10. The monoisotopic (exact) mass is 483 g/mol. The number of nitrogens with one attached hydrogen (secondary N) is 2. The molecule has 11 heteroatoms. The van der Waals surface area contributed by atoms with Gasteiger partial charge in [0, 0.05) is 38.9 Å². The van der Waals surface area contributed by atoms with E-state index in [2.05, 4.69) is 25.7 Å². The number of ether oxygens (including phenoxy) is 1. The van der Waals surface area contributed by atoms with Crippen LogP contribution < -0.4 is 15.5 Å². The number of thioether (sulfide) groups is 1. The number of hydrogen-bond acceptors (Lipinski definition) is 8. The molecule has 1 fully saturated rings. The lowest BCUT2D eigenvalue weighted by molar-refractivity contribution is -0.126. The van der Waals surface area contributed by atoms with Crippen LogP contribution in [-0.2, 0) is 20.9 Å². The normalized spacial score (nSPS) is 15.8. The van der Waals surface area contributed by atoms with E-state index >= 15 is 0 Å². The molecule has 4 rings (SSSR count). The minimum absolute atomic E-state index is 0.0307. The first-order chi connectivity index (χ1) is 16.5. The largest absolute Gasteiger partial charge is 0.383 e. The van der Waals surface area contributed by atoms with Gasteiger partial charge in [0.25, 0.3) is 0 Å². The van der Waals surface area contributed by atoms with Crippen LogP contribution in [0, 0.1) is 12.8 Å². The number of hydrogen-bond donors (Lipinski definition) is 2. The van der Waals surface area contributed by atoms with Gasteiger partial charge >= 0.3 is 0 Å². The van der Waals surface area contributed by atoms with Crippen LogP contribution in [0.1, 0.15) is 12.0 Å². The van der Waals surface area contributed by atoms with E-state index in [1.807, 2.05) is 37.4 Å². The zero-order chi connectivity index (χ0) is 24.1. The van der Waals surface area contributed by atoms with Gasteiger partial charge in [0.15, 0.2) is 10.8 Å². The molecule has 0 spiro atoms. The molecule has 1 aromatic carbocycles. The molecule has 0 aliphatic carbocycles. The fraction of sp³-hybridized carbons (Fsp3) is 0.435. The van der Waals surface area contributed by atoms with Gasteiger partial charge in [-0.1, -0.05) is 29.5 Å². The van der Waals surface area contributed by atoms with E-state index < -0.39 is 0 Å². The number of amides is 2. The first kappa shape index (κ1) is 24.0. The van der Waals surface area contributed by atoms with E-state index in [9.17, 15) is 9.59 Å². The second-order valence-corrected chi connectivity index (χ2v) is 8.89. The van der Waals surface area contributed by atoms with Crippen molar-refractivity contribution in [2.75, 3.05) is 49.8 Å². The summed E-state index contributed by atoms with van der Waals surface area (Å²) in [5, 5.41) is 12.1. The molecule has 2 N–H and O–H groups in total. The van der Waals surface area contributed by atoms with Crippen molar-refractivity contribution in [1.29, 1.82) is 0 Å². The van der Waals surface area contributed by atoms with Crippen LogP contribution in [0.15, 0.2) is 35.6 Å². The summed E-state index contributed by atoms with van der Waals surface area (Å²) in [6, 6.07) is 7.77. The molecule has 180 valence electrons. The fourth-order valence-electron chi connectivity index (χ4n) is 3.88. The highest BCUT2D eigenvalue weighted by Crippen LogP contribution is 2.26. The van der Waals surface area contributed by atoms with Crippen molar-refractivity contribution < 1.29 is 14.3 Å². The van der Waals surface area contributed by atoms with Gasteiger partial charge in [0.2, 0.25) is 11.8 Å². The number of aromatic nitrogens is 4. The van der Waals surface area contributed by atoms with Gasteiger partial charge in [-0.3, -0.25) is 9.59 Å². The highest BCUT2D eigenvalue weighted by Gasteiger charge is 2.34. The molecular formula is C23H29N7O3S. The zero-order valence-corrected chi connectivity index (χ0v) is 20.4. The van der Waals surface area contributed by atoms with Crippen LogP contribution in [0.25, 0.3) is 11.0 Å². The zero-order valence-electron chi connectivity index (χ0n) is 19.6. The van der Waals surface area contributed by atoms with Gasteiger partial charge < -0.3 is 20.3 Å². The highest BCUT2D eigenvalue weighted by molar-refractivity contribution is 7.98. The van der Waals surface area contributed by atoms with Crippen LogP contribution in [0.2, 0.25) is 0 Å². The van der Waals surface area contributed by atoms with Gasteiger partial charge in [-0.2, -0.15) is 5.10 Å². The second-order valence-electron chi connectivity index (χ2n) is 8.12.